The molecule has 0 atom stereocenters. The zero-order valence-electron chi connectivity index (χ0n) is 15.0. The summed E-state index contributed by atoms with van der Waals surface area (Å²) in [4.78, 5) is 28.1. The van der Waals surface area contributed by atoms with E-state index in [-0.39, 0.29) is 11.8 Å². The number of nitrogens with one attached hydrogen (secondary N) is 2. The zero-order chi connectivity index (χ0) is 19.2. The van der Waals surface area contributed by atoms with Gasteiger partial charge in [-0.3, -0.25) is 14.6 Å². The van der Waals surface area contributed by atoms with Crippen LogP contribution in [0.3, 0.4) is 0 Å². The second-order valence-electron chi connectivity index (χ2n) is 5.84. The lowest BCUT2D eigenvalue weighted by atomic mass is 10.1. The Bertz CT molecular complexity index is 951. The summed E-state index contributed by atoms with van der Waals surface area (Å²) < 4.78 is 5.10. The van der Waals surface area contributed by atoms with Crippen molar-refractivity contribution >= 4 is 23.2 Å². The third-order valence-electron chi connectivity index (χ3n) is 3.89. The van der Waals surface area contributed by atoms with Crippen molar-refractivity contribution in [3.05, 3.63) is 72.4 Å². The molecule has 0 saturated carbocycles. The summed E-state index contributed by atoms with van der Waals surface area (Å²) in [6, 6.07) is 17.7. The third-order valence-corrected chi connectivity index (χ3v) is 3.89. The molecular formula is C21H19N3O3. The van der Waals surface area contributed by atoms with Gasteiger partial charge in [-0.15, -0.1) is 0 Å². The molecule has 3 rings (SSSR count). The van der Waals surface area contributed by atoms with Crippen LogP contribution in [0.25, 0.3) is 11.3 Å². The van der Waals surface area contributed by atoms with Crippen LogP contribution in [-0.2, 0) is 4.79 Å². The zero-order valence-corrected chi connectivity index (χ0v) is 15.0. The van der Waals surface area contributed by atoms with Gasteiger partial charge in [0.05, 0.1) is 18.5 Å². The highest BCUT2D eigenvalue weighted by atomic mass is 16.5. The predicted molar refractivity (Wildman–Crippen MR) is 105 cm³/mol. The molecular weight excluding hydrogens is 342 g/mol. The molecule has 0 radical (unpaired) electrons. The van der Waals surface area contributed by atoms with Gasteiger partial charge in [0.2, 0.25) is 5.91 Å². The van der Waals surface area contributed by atoms with Crippen molar-refractivity contribution in [2.45, 2.75) is 6.92 Å². The molecule has 136 valence electrons. The highest BCUT2D eigenvalue weighted by Crippen LogP contribution is 2.26. The lowest BCUT2D eigenvalue weighted by molar-refractivity contribution is -0.114. The van der Waals surface area contributed by atoms with E-state index in [1.807, 2.05) is 0 Å². The van der Waals surface area contributed by atoms with Crippen LogP contribution in [0, 0.1) is 0 Å². The highest BCUT2D eigenvalue weighted by Gasteiger charge is 2.10. The quantitative estimate of drug-likeness (QED) is 0.721. The van der Waals surface area contributed by atoms with Crippen LogP contribution in [0.2, 0.25) is 0 Å². The molecule has 2 amide bonds. The molecule has 0 bridgehead atoms. The topological polar surface area (TPSA) is 80.3 Å². The summed E-state index contributed by atoms with van der Waals surface area (Å²) in [6.07, 6.45) is 1.66. The van der Waals surface area contributed by atoms with Crippen LogP contribution < -0.4 is 15.4 Å². The van der Waals surface area contributed by atoms with Gasteiger partial charge in [0.25, 0.3) is 5.91 Å². The molecule has 6 heteroatoms. The number of pyridine rings is 1. The number of hydrogen-bond acceptors (Lipinski definition) is 4. The van der Waals surface area contributed by atoms with E-state index in [0.717, 1.165) is 11.3 Å². The van der Waals surface area contributed by atoms with E-state index in [0.29, 0.717) is 22.6 Å². The summed E-state index contributed by atoms with van der Waals surface area (Å²) in [6.45, 7) is 1.45. The molecule has 3 aromatic rings. The maximum absolute atomic E-state index is 12.4. The first kappa shape index (κ1) is 18.1. The Morgan fingerprint density at radius 3 is 2.26 bits per heavy atom. The highest BCUT2D eigenvalue weighted by molar-refractivity contribution is 6.04. The number of methoxy groups -OCH3 is 1. The van der Waals surface area contributed by atoms with E-state index in [2.05, 4.69) is 15.6 Å². The van der Waals surface area contributed by atoms with Crippen LogP contribution in [-0.4, -0.2) is 23.9 Å². The molecule has 0 spiro atoms. The van der Waals surface area contributed by atoms with Crippen molar-refractivity contribution in [3.63, 3.8) is 0 Å². The van der Waals surface area contributed by atoms with Gasteiger partial charge in [-0.1, -0.05) is 12.1 Å². The molecule has 1 aromatic heterocycles. The van der Waals surface area contributed by atoms with Gasteiger partial charge in [-0.25, -0.2) is 0 Å². The molecule has 0 aliphatic heterocycles. The largest absolute Gasteiger partial charge is 0.497 e. The van der Waals surface area contributed by atoms with E-state index in [1.165, 1.54) is 6.92 Å². The molecule has 0 fully saturated rings. The maximum atomic E-state index is 12.4. The molecule has 0 unspecified atom stereocenters. The van der Waals surface area contributed by atoms with Gasteiger partial charge >= 0.3 is 0 Å². The smallest absolute Gasteiger partial charge is 0.255 e. The Labute approximate surface area is 157 Å². The van der Waals surface area contributed by atoms with Crippen molar-refractivity contribution in [3.8, 4) is 17.0 Å². The van der Waals surface area contributed by atoms with E-state index in [4.69, 9.17) is 4.74 Å². The molecule has 2 aromatic carbocycles. The van der Waals surface area contributed by atoms with Crippen LogP contribution in [0.1, 0.15) is 17.3 Å². The van der Waals surface area contributed by atoms with Gasteiger partial charge in [-0.2, -0.15) is 0 Å². The normalized spacial score (nSPS) is 10.1. The first-order valence-electron chi connectivity index (χ1n) is 8.35. The Hall–Kier alpha value is -3.67. The second kappa shape index (κ2) is 8.14. The number of rotatable bonds is 5. The van der Waals surface area contributed by atoms with Gasteiger partial charge in [0.1, 0.15) is 5.75 Å². The molecule has 1 heterocycles. The number of carbonyl (C=O) groups excluding carboxylic acids is 2. The standard InChI is InChI=1S/C21H19N3O3/c1-14(25)23-19-4-3-13-22-20(19)15-5-7-16(8-6-15)21(26)24-17-9-11-18(27-2)12-10-17/h3-13H,1-2H3,(H,23,25)(H,24,26). The van der Waals surface area contributed by atoms with Crippen molar-refractivity contribution in [1.82, 2.24) is 4.98 Å². The number of anilines is 2. The van der Waals surface area contributed by atoms with E-state index in [9.17, 15) is 9.59 Å². The third kappa shape index (κ3) is 4.49. The van der Waals surface area contributed by atoms with Crippen LogP contribution in [0.5, 0.6) is 5.75 Å². The fourth-order valence-corrected chi connectivity index (χ4v) is 2.58. The summed E-state index contributed by atoms with van der Waals surface area (Å²) in [5, 5.41) is 5.60. The lowest BCUT2D eigenvalue weighted by Crippen LogP contribution is -2.11. The SMILES string of the molecule is COc1ccc(NC(=O)c2ccc(-c3ncccc3NC(C)=O)cc2)cc1. The number of ether oxygens (including phenoxy) is 1. The Morgan fingerprint density at radius 1 is 0.926 bits per heavy atom. The fourth-order valence-electron chi connectivity index (χ4n) is 2.58. The minimum atomic E-state index is -0.213. The minimum Gasteiger partial charge on any atom is -0.497 e. The molecule has 0 saturated heterocycles. The summed E-state index contributed by atoms with van der Waals surface area (Å²) in [5.41, 5.74) is 3.28. The van der Waals surface area contributed by atoms with Gasteiger partial charge in [-0.05, 0) is 48.5 Å². The first-order chi connectivity index (χ1) is 13.1. The van der Waals surface area contributed by atoms with Crippen LogP contribution in [0.15, 0.2) is 66.9 Å². The molecule has 27 heavy (non-hydrogen) atoms. The number of aromatic nitrogens is 1. The van der Waals surface area contributed by atoms with Gasteiger partial charge in [0, 0.05) is 29.9 Å². The molecule has 0 aliphatic rings. The van der Waals surface area contributed by atoms with Crippen molar-refractivity contribution < 1.29 is 14.3 Å². The van der Waals surface area contributed by atoms with E-state index in [1.54, 1.807) is 74.0 Å². The average molecular weight is 361 g/mol. The average Bonchev–Trinajstić information content (AvgIpc) is 2.69. The van der Waals surface area contributed by atoms with E-state index < -0.39 is 0 Å². The summed E-state index contributed by atoms with van der Waals surface area (Å²) >= 11 is 0. The van der Waals surface area contributed by atoms with Crippen molar-refractivity contribution in [2.75, 3.05) is 17.7 Å². The number of benzene rings is 2. The first-order valence-corrected chi connectivity index (χ1v) is 8.35. The molecule has 6 nitrogen and oxygen atoms in total. The number of carbonyl (C=O) groups is 2. The number of hydrogen-bond donors (Lipinski definition) is 2. The fraction of sp³-hybridized carbons (Fsp3) is 0.0952. The Morgan fingerprint density at radius 2 is 1.63 bits per heavy atom. The monoisotopic (exact) mass is 361 g/mol. The van der Waals surface area contributed by atoms with Gasteiger partial charge in [0.15, 0.2) is 0 Å². The Kier molecular flexibility index (Phi) is 5.47. The van der Waals surface area contributed by atoms with Crippen molar-refractivity contribution in [2.24, 2.45) is 0 Å². The van der Waals surface area contributed by atoms with Crippen molar-refractivity contribution in [1.29, 1.82) is 0 Å². The number of amides is 2. The summed E-state index contributed by atoms with van der Waals surface area (Å²) in [7, 11) is 1.59. The lowest BCUT2D eigenvalue weighted by Gasteiger charge is -2.10. The van der Waals surface area contributed by atoms with Crippen LogP contribution in [0.4, 0.5) is 11.4 Å². The maximum Gasteiger partial charge on any atom is 0.255 e. The van der Waals surface area contributed by atoms with Gasteiger partial charge < -0.3 is 15.4 Å². The predicted octanol–water partition coefficient (Wildman–Crippen LogP) is 3.97. The van der Waals surface area contributed by atoms with Crippen LogP contribution >= 0.6 is 0 Å². The minimum absolute atomic E-state index is 0.167. The Balaban J connectivity index is 1.77. The number of nitrogens with zero attached hydrogens (tertiary/aromatic N) is 1. The second-order valence-corrected chi connectivity index (χ2v) is 5.84. The summed E-state index contributed by atoms with van der Waals surface area (Å²) in [5.74, 6) is 0.345. The van der Waals surface area contributed by atoms with E-state index >= 15 is 0 Å². The molecule has 2 N–H and O–H groups in total. The molecule has 0 aliphatic carbocycles.